The summed E-state index contributed by atoms with van der Waals surface area (Å²) in [5.74, 6) is -1.38. The van der Waals surface area contributed by atoms with E-state index < -0.39 is 21.5 Å². The van der Waals surface area contributed by atoms with Gasteiger partial charge in [0.05, 0.1) is 0 Å². The maximum absolute atomic E-state index is 10.1. The monoisotopic (exact) mass is 161 g/mol. The van der Waals surface area contributed by atoms with Crippen LogP contribution in [0.5, 0.6) is 0 Å². The van der Waals surface area contributed by atoms with Crippen LogP contribution in [0.4, 0.5) is 0 Å². The van der Waals surface area contributed by atoms with E-state index in [2.05, 4.69) is 5.73 Å². The molecule has 0 unspecified atom stereocenters. The molecule has 0 fully saturated rings. The summed E-state index contributed by atoms with van der Waals surface area (Å²) in [7, 11) is -3.20. The van der Waals surface area contributed by atoms with E-state index in [1.807, 2.05) is 0 Å². The molecule has 0 bridgehead atoms. The van der Waals surface area contributed by atoms with Crippen molar-refractivity contribution in [2.24, 2.45) is 5.73 Å². The van der Waals surface area contributed by atoms with Gasteiger partial charge in [-0.15, -0.1) is 0 Å². The van der Waals surface area contributed by atoms with E-state index in [-0.39, 0.29) is 29.6 Å². The number of nitrogens with two attached hydrogens (primary N) is 1. The molecule has 0 heterocycles. The number of amides is 1. The van der Waals surface area contributed by atoms with Crippen LogP contribution >= 0.6 is 0 Å². The molecule has 0 aliphatic rings. The minimum atomic E-state index is -3.20. The second kappa shape index (κ2) is 4.27. The van der Waals surface area contributed by atoms with Crippen molar-refractivity contribution in [3.63, 3.8) is 0 Å². The fraction of sp³-hybridized carbons (Fsp3) is 0.667. The van der Waals surface area contributed by atoms with Gasteiger partial charge in [-0.2, -0.15) is 0 Å². The van der Waals surface area contributed by atoms with Crippen LogP contribution in [0.15, 0.2) is 0 Å². The van der Waals surface area contributed by atoms with Crippen molar-refractivity contribution < 1.29 is 13.2 Å². The van der Waals surface area contributed by atoms with E-state index in [9.17, 15) is 13.2 Å². The number of hydrogen-bond donors (Lipinski definition) is 1. The van der Waals surface area contributed by atoms with Gasteiger partial charge in [0.15, 0.2) is 9.84 Å². The van der Waals surface area contributed by atoms with Gasteiger partial charge in [-0.05, 0) is 0 Å². The molecule has 1 amide bonds. The summed E-state index contributed by atoms with van der Waals surface area (Å²) in [5, 5.41) is 0. The Morgan fingerprint density at radius 2 is 1.89 bits per heavy atom. The summed E-state index contributed by atoms with van der Waals surface area (Å²) >= 11 is 0. The fourth-order valence-corrected chi connectivity index (χ4v) is 0.775. The molecule has 0 aromatic rings. The second-order valence-electron chi connectivity index (χ2n) is 1.54. The van der Waals surface area contributed by atoms with Crippen LogP contribution in [-0.4, -0.2) is 55.9 Å². The molecule has 0 saturated heterocycles. The van der Waals surface area contributed by atoms with Crippen molar-refractivity contribution in [2.75, 3.05) is 12.0 Å². The van der Waals surface area contributed by atoms with Crippen molar-refractivity contribution in [2.45, 2.75) is 0 Å². The molecule has 50 valence electrons. The predicted molar refractivity (Wildman–Crippen MR) is 36.1 cm³/mol. The summed E-state index contributed by atoms with van der Waals surface area (Å²) in [6.45, 7) is 0. The Hall–Kier alpha value is 0.420. The van der Waals surface area contributed by atoms with Gasteiger partial charge >= 0.3 is 29.6 Å². The first-order chi connectivity index (χ1) is 3.42. The summed E-state index contributed by atoms with van der Waals surface area (Å²) in [4.78, 5) is 9.86. The number of rotatable bonds is 2. The van der Waals surface area contributed by atoms with Crippen LogP contribution in [0, 0.1) is 0 Å². The third-order valence-electron chi connectivity index (χ3n) is 0.404. The molecular weight excluding hydrogens is 153 g/mol. The Morgan fingerprint density at radius 3 is 1.89 bits per heavy atom. The third-order valence-corrected chi connectivity index (χ3v) is 1.21. The van der Waals surface area contributed by atoms with Crippen molar-refractivity contribution in [3.05, 3.63) is 0 Å². The van der Waals surface area contributed by atoms with Crippen LogP contribution < -0.4 is 5.73 Å². The zero-order chi connectivity index (χ0) is 6.78. The third kappa shape index (κ3) is 11.8. The van der Waals surface area contributed by atoms with Gasteiger partial charge in [0.2, 0.25) is 5.91 Å². The zero-order valence-corrected chi connectivity index (χ0v) is 5.23. The summed E-state index contributed by atoms with van der Waals surface area (Å²) in [5.41, 5.74) is 4.56. The van der Waals surface area contributed by atoms with Gasteiger partial charge in [-0.25, -0.2) is 8.42 Å². The summed E-state index contributed by atoms with van der Waals surface area (Å²) in [6, 6.07) is 0. The van der Waals surface area contributed by atoms with Crippen molar-refractivity contribution in [1.29, 1.82) is 0 Å². The van der Waals surface area contributed by atoms with Gasteiger partial charge in [0.1, 0.15) is 5.75 Å². The molecule has 4 nitrogen and oxygen atoms in total. The molecule has 0 saturated carbocycles. The Balaban J connectivity index is 0. The van der Waals surface area contributed by atoms with Crippen LogP contribution in [0.25, 0.3) is 0 Å². The number of primary amides is 1. The Bertz CT molecular complexity index is 185. The molecule has 0 rings (SSSR count). The van der Waals surface area contributed by atoms with Crippen LogP contribution in [0.1, 0.15) is 0 Å². The molecule has 0 aliphatic heterocycles. The SMILES string of the molecule is CS(=O)(=O)CC(N)=O.[NaH]. The number of hydrogen-bond acceptors (Lipinski definition) is 3. The van der Waals surface area contributed by atoms with Crippen molar-refractivity contribution in [1.82, 2.24) is 0 Å². The van der Waals surface area contributed by atoms with E-state index in [0.717, 1.165) is 6.26 Å². The number of carbonyl (C=O) groups is 1. The van der Waals surface area contributed by atoms with Crippen molar-refractivity contribution in [3.8, 4) is 0 Å². The van der Waals surface area contributed by atoms with Gasteiger partial charge in [0, 0.05) is 6.26 Å². The van der Waals surface area contributed by atoms with Crippen LogP contribution in [0.2, 0.25) is 0 Å². The standard InChI is InChI=1S/C3H7NO3S.Na.H/c1-8(6,7)2-3(4)5;;/h2H2,1H3,(H2,4,5);;. The topological polar surface area (TPSA) is 77.2 Å². The molecule has 0 spiro atoms. The molecule has 6 heteroatoms. The molecule has 9 heavy (non-hydrogen) atoms. The van der Waals surface area contributed by atoms with Crippen molar-refractivity contribution >= 4 is 45.3 Å². The van der Waals surface area contributed by atoms with Crippen LogP contribution in [-0.2, 0) is 14.6 Å². The van der Waals surface area contributed by atoms with E-state index in [1.54, 1.807) is 0 Å². The molecule has 0 aromatic heterocycles. The van der Waals surface area contributed by atoms with Gasteiger partial charge < -0.3 is 5.73 Å². The molecule has 0 aliphatic carbocycles. The summed E-state index contributed by atoms with van der Waals surface area (Å²) < 4.78 is 20.3. The molecular formula is C3H8NNaO3S. The molecule has 0 aromatic carbocycles. The van der Waals surface area contributed by atoms with E-state index >= 15 is 0 Å². The summed E-state index contributed by atoms with van der Waals surface area (Å²) in [6.07, 6.45) is 0.956. The van der Waals surface area contributed by atoms with Gasteiger partial charge in [-0.3, -0.25) is 4.79 Å². The fourth-order valence-electron chi connectivity index (χ4n) is 0.258. The number of sulfone groups is 1. The Kier molecular flexibility index (Phi) is 5.75. The average molecular weight is 161 g/mol. The van der Waals surface area contributed by atoms with E-state index in [1.165, 1.54) is 0 Å². The molecule has 0 atom stereocenters. The molecule has 0 radical (unpaired) electrons. The minimum absolute atomic E-state index is 0. The van der Waals surface area contributed by atoms with Gasteiger partial charge in [0.25, 0.3) is 0 Å². The Morgan fingerprint density at radius 1 is 1.56 bits per heavy atom. The first kappa shape index (κ1) is 12.1. The zero-order valence-electron chi connectivity index (χ0n) is 4.42. The van der Waals surface area contributed by atoms with Crippen LogP contribution in [0.3, 0.4) is 0 Å². The van der Waals surface area contributed by atoms with Gasteiger partial charge in [-0.1, -0.05) is 0 Å². The predicted octanol–water partition coefficient (Wildman–Crippen LogP) is -2.13. The average Bonchev–Trinajstić information content (AvgIpc) is 1.21. The maximum atomic E-state index is 10.1. The Labute approximate surface area is 76.0 Å². The second-order valence-corrected chi connectivity index (χ2v) is 3.68. The van der Waals surface area contributed by atoms with E-state index in [0.29, 0.717) is 0 Å². The normalized spacial score (nSPS) is 9.89. The first-order valence-corrected chi connectivity index (χ1v) is 3.94. The number of carbonyl (C=O) groups excluding carboxylic acids is 1. The first-order valence-electron chi connectivity index (χ1n) is 1.88. The molecule has 2 N–H and O–H groups in total. The van der Waals surface area contributed by atoms with E-state index in [4.69, 9.17) is 0 Å². The quantitative estimate of drug-likeness (QED) is 0.470.